The highest BCUT2D eigenvalue weighted by atomic mass is 19.4. The van der Waals surface area contributed by atoms with E-state index >= 15 is 0 Å². The smallest absolute Gasteiger partial charge is 0.318 e. The lowest BCUT2D eigenvalue weighted by Crippen LogP contribution is -2.73. The van der Waals surface area contributed by atoms with E-state index in [1.807, 2.05) is 4.74 Å². The minimum absolute atomic E-state index is 0.0499. The fraction of sp³-hybridized carbons (Fsp3) is 0.750. The summed E-state index contributed by atoms with van der Waals surface area (Å²) in [5.41, 5.74) is 0. The van der Waals surface area contributed by atoms with Crippen LogP contribution in [0.5, 0.6) is 0 Å². The van der Waals surface area contributed by atoms with E-state index in [1.165, 1.54) is 0 Å². The van der Waals surface area contributed by atoms with Gasteiger partial charge in [0.15, 0.2) is 0 Å². The summed E-state index contributed by atoms with van der Waals surface area (Å²) in [6, 6.07) is -13.3. The van der Waals surface area contributed by atoms with Crippen molar-refractivity contribution in [2.24, 2.45) is 0 Å². The quantitative estimate of drug-likeness (QED) is 0.551. The molecule has 0 amide bonds. The Morgan fingerprint density at radius 1 is 0.870 bits per heavy atom. The van der Waals surface area contributed by atoms with Crippen LogP contribution in [0.3, 0.4) is 0 Å². The lowest BCUT2D eigenvalue weighted by atomic mass is 10.2. The zero-order valence-corrected chi connectivity index (χ0v) is 10.3. The minimum Gasteiger partial charge on any atom is -0.318 e. The normalized spacial score (nSPS) is 26.7. The summed E-state index contributed by atoms with van der Waals surface area (Å²) < 4.78 is 160. The van der Waals surface area contributed by atoms with E-state index in [0.717, 1.165) is 0 Å². The maximum Gasteiger partial charge on any atom is 0.445 e. The fourth-order valence-corrected chi connectivity index (χ4v) is 1.27. The van der Waals surface area contributed by atoms with Crippen LogP contribution < -0.4 is 0 Å². The van der Waals surface area contributed by atoms with Crippen LogP contribution in [0.2, 0.25) is 0 Å². The average Bonchev–Trinajstić information content (AvgIpc) is 2.34. The van der Waals surface area contributed by atoms with E-state index in [9.17, 15) is 52.7 Å². The van der Waals surface area contributed by atoms with Crippen LogP contribution >= 0.6 is 0 Å². The molecule has 23 heavy (non-hydrogen) atoms. The Morgan fingerprint density at radius 3 is 1.52 bits per heavy atom. The van der Waals surface area contributed by atoms with Crippen molar-refractivity contribution >= 4 is 0 Å². The lowest BCUT2D eigenvalue weighted by molar-refractivity contribution is -0.559. The number of alkyl halides is 10. The number of methoxy groups -OCH3 is 1. The summed E-state index contributed by atoms with van der Waals surface area (Å²) in [5, 5.41) is 0. The van der Waals surface area contributed by atoms with Gasteiger partial charge in [-0.05, 0) is 0 Å². The average molecular weight is 373 g/mol. The second kappa shape index (κ2) is 5.06. The Morgan fingerprint density at radius 2 is 1.22 bits per heavy atom. The summed E-state index contributed by atoms with van der Waals surface area (Å²) >= 11 is 0. The molecule has 0 atom stereocenters. The predicted molar refractivity (Wildman–Crippen MR) is 43.9 cm³/mol. The summed E-state index contributed by atoms with van der Waals surface area (Å²) in [4.78, 5) is -3.13. The van der Waals surface area contributed by atoms with Gasteiger partial charge in [0.05, 0.1) is 0 Å². The summed E-state index contributed by atoms with van der Waals surface area (Å²) in [5.74, 6) is -7.97. The maximum absolute atomic E-state index is 13.2. The van der Waals surface area contributed by atoms with Crippen LogP contribution in [0.1, 0.15) is 0 Å². The Hall–Kier alpha value is -1.38. The van der Waals surface area contributed by atoms with E-state index < -0.39 is 47.1 Å². The maximum atomic E-state index is 13.2. The van der Waals surface area contributed by atoms with Gasteiger partial charge in [0.1, 0.15) is 0 Å². The Labute approximate surface area is 118 Å². The summed E-state index contributed by atoms with van der Waals surface area (Å²) in [6.07, 6.45) is -18.5. The molecule has 1 aliphatic rings. The molecule has 0 aromatic carbocycles. The van der Waals surface area contributed by atoms with Gasteiger partial charge in [0, 0.05) is 7.11 Å². The highest BCUT2D eigenvalue weighted by Gasteiger charge is 2.84. The van der Waals surface area contributed by atoms with E-state index in [-0.39, 0.29) is 7.11 Å². The Bertz CT molecular complexity index is 489. The topological polar surface area (TPSA) is 21.7 Å². The Kier molecular flexibility index (Phi) is 4.32. The second-order valence-corrected chi connectivity index (χ2v) is 3.88. The van der Waals surface area contributed by atoms with Crippen molar-refractivity contribution in [1.82, 2.24) is 4.90 Å². The minimum atomic E-state index is -6.66. The van der Waals surface area contributed by atoms with Gasteiger partial charge in [-0.2, -0.15) is 52.7 Å². The van der Waals surface area contributed by atoms with Crippen LogP contribution in [0.4, 0.5) is 52.7 Å². The van der Waals surface area contributed by atoms with Gasteiger partial charge >= 0.3 is 30.4 Å². The first kappa shape index (κ1) is 19.7. The van der Waals surface area contributed by atoms with Gasteiger partial charge in [0.25, 0.3) is 5.83 Å². The molecule has 0 aromatic heterocycles. The lowest BCUT2D eigenvalue weighted by Gasteiger charge is -2.47. The molecule has 0 spiro atoms. The standard InChI is InChI=1S/C8H3F12NO2/c1-22-4(11,12)2(9)3(10)21-5(13,14)7(17,18)23-8(19,20)6(21,15)16/h1H3/b3-2+. The molecule has 0 radical (unpaired) electrons. The first-order valence-corrected chi connectivity index (χ1v) is 4.96. The Balaban J connectivity index is 3.65. The number of ether oxygens (including phenoxy) is 2. The van der Waals surface area contributed by atoms with Crippen LogP contribution in [0.25, 0.3) is 0 Å². The first-order chi connectivity index (χ1) is 9.96. The van der Waals surface area contributed by atoms with Crippen molar-refractivity contribution in [3.8, 4) is 0 Å². The van der Waals surface area contributed by atoms with Crippen LogP contribution in [0.15, 0.2) is 11.8 Å². The zero-order chi connectivity index (χ0) is 18.6. The van der Waals surface area contributed by atoms with Crippen LogP contribution in [-0.4, -0.2) is 42.4 Å². The molecule has 0 aliphatic carbocycles. The van der Waals surface area contributed by atoms with Crippen molar-refractivity contribution in [1.29, 1.82) is 0 Å². The molecule has 0 bridgehead atoms. The zero-order valence-electron chi connectivity index (χ0n) is 10.3. The molecule has 1 rings (SSSR count). The molecule has 1 aliphatic heterocycles. The number of rotatable bonds is 3. The van der Waals surface area contributed by atoms with E-state index in [0.29, 0.717) is 0 Å². The summed E-state index contributed by atoms with van der Waals surface area (Å²) in [6.45, 7) is 0. The van der Waals surface area contributed by atoms with Gasteiger partial charge in [-0.1, -0.05) is 0 Å². The largest absolute Gasteiger partial charge is 0.445 e. The van der Waals surface area contributed by atoms with Crippen molar-refractivity contribution < 1.29 is 62.2 Å². The predicted octanol–water partition coefficient (Wildman–Crippen LogP) is 4.04. The van der Waals surface area contributed by atoms with Gasteiger partial charge in [-0.3, -0.25) is 0 Å². The van der Waals surface area contributed by atoms with Crippen LogP contribution in [-0.2, 0) is 9.47 Å². The summed E-state index contributed by atoms with van der Waals surface area (Å²) in [7, 11) is -0.0499. The fourth-order valence-electron chi connectivity index (χ4n) is 1.27. The van der Waals surface area contributed by atoms with Gasteiger partial charge < -0.3 is 4.74 Å². The van der Waals surface area contributed by atoms with E-state index in [1.54, 1.807) is 0 Å². The van der Waals surface area contributed by atoms with E-state index in [2.05, 4.69) is 4.74 Å². The molecule has 3 nitrogen and oxygen atoms in total. The highest BCUT2D eigenvalue weighted by Crippen LogP contribution is 2.57. The van der Waals surface area contributed by atoms with Crippen LogP contribution in [0, 0.1) is 0 Å². The molecule has 1 heterocycles. The third-order valence-corrected chi connectivity index (χ3v) is 2.41. The molecule has 1 saturated heterocycles. The molecule has 0 N–H and O–H groups in total. The SMILES string of the molecule is COC(F)(F)/C(F)=C(/F)N1C(F)(F)C(F)(F)OC(F)(F)C1(F)F. The third-order valence-electron chi connectivity index (χ3n) is 2.41. The molecule has 1 fully saturated rings. The van der Waals surface area contributed by atoms with Gasteiger partial charge in [-0.25, -0.2) is 9.64 Å². The van der Waals surface area contributed by atoms with Crippen molar-refractivity contribution in [3.05, 3.63) is 11.8 Å². The van der Waals surface area contributed by atoms with E-state index in [4.69, 9.17) is 0 Å². The third kappa shape index (κ3) is 2.68. The van der Waals surface area contributed by atoms with Gasteiger partial charge in [-0.15, -0.1) is 0 Å². The van der Waals surface area contributed by atoms with Crippen molar-refractivity contribution in [2.45, 2.75) is 30.4 Å². The number of hydrogen-bond donors (Lipinski definition) is 0. The number of hydrogen-bond acceptors (Lipinski definition) is 3. The second-order valence-electron chi connectivity index (χ2n) is 3.88. The molecule has 0 saturated carbocycles. The highest BCUT2D eigenvalue weighted by molar-refractivity contribution is 5.12. The molecule has 0 aromatic rings. The number of morpholine rings is 1. The monoisotopic (exact) mass is 373 g/mol. The number of nitrogens with zero attached hydrogens (tertiary/aromatic N) is 1. The molecular weight excluding hydrogens is 370 g/mol. The molecule has 136 valence electrons. The first-order valence-electron chi connectivity index (χ1n) is 4.96. The molecular formula is C8H3F12NO2. The van der Waals surface area contributed by atoms with Gasteiger partial charge in [0.2, 0.25) is 5.95 Å². The van der Waals surface area contributed by atoms with Crippen molar-refractivity contribution in [3.63, 3.8) is 0 Å². The molecule has 0 unspecified atom stereocenters. The van der Waals surface area contributed by atoms with Crippen molar-refractivity contribution in [2.75, 3.05) is 7.11 Å². The number of halogens is 12. The molecule has 15 heteroatoms.